The fourth-order valence-corrected chi connectivity index (χ4v) is 3.80. The van der Waals surface area contributed by atoms with Crippen LogP contribution in [0.25, 0.3) is 0 Å². The second kappa shape index (κ2) is 10.5. The third-order valence-electron chi connectivity index (χ3n) is 5.21. The lowest BCUT2D eigenvalue weighted by Crippen LogP contribution is -2.31. The minimum absolute atomic E-state index is 0.0341. The molecule has 1 fully saturated rings. The predicted octanol–water partition coefficient (Wildman–Crippen LogP) is 2.13. The van der Waals surface area contributed by atoms with E-state index in [1.54, 1.807) is 24.3 Å². The van der Waals surface area contributed by atoms with Crippen LogP contribution in [0.5, 0.6) is 0 Å². The summed E-state index contributed by atoms with van der Waals surface area (Å²) in [7, 11) is 5.29. The molecule has 1 aromatic carbocycles. The molecular weight excluding hydrogens is 418 g/mol. The van der Waals surface area contributed by atoms with E-state index in [-0.39, 0.29) is 17.7 Å². The summed E-state index contributed by atoms with van der Waals surface area (Å²) in [6.07, 6.45) is 2.60. The number of halogens is 1. The van der Waals surface area contributed by atoms with Crippen LogP contribution in [0.1, 0.15) is 34.0 Å². The van der Waals surface area contributed by atoms with Gasteiger partial charge in [-0.1, -0.05) is 23.7 Å². The number of nitrogens with one attached hydrogen (secondary N) is 1. The first-order valence-electron chi connectivity index (χ1n) is 10.2. The van der Waals surface area contributed by atoms with E-state index < -0.39 is 0 Å². The van der Waals surface area contributed by atoms with Crippen molar-refractivity contribution in [2.45, 2.75) is 18.8 Å². The minimum Gasteiger partial charge on any atom is -0.383 e. The lowest BCUT2D eigenvalue weighted by molar-refractivity contribution is -0.129. The molecule has 2 heterocycles. The minimum atomic E-state index is -0.235. The molecule has 0 bridgehead atoms. The van der Waals surface area contributed by atoms with Gasteiger partial charge in [-0.25, -0.2) is 9.97 Å². The number of hydrogen-bond acceptors (Lipinski definition) is 6. The largest absolute Gasteiger partial charge is 0.383 e. The van der Waals surface area contributed by atoms with Crippen LogP contribution in [-0.2, 0) is 16.0 Å². The zero-order chi connectivity index (χ0) is 22.4. The Balaban J connectivity index is 1.75. The molecule has 0 aliphatic carbocycles. The fraction of sp³-hybridized carbons (Fsp3) is 0.455. The molecule has 2 aromatic rings. The van der Waals surface area contributed by atoms with Crippen molar-refractivity contribution in [3.05, 3.63) is 52.3 Å². The third kappa shape index (κ3) is 5.92. The Morgan fingerprint density at radius 2 is 2.16 bits per heavy atom. The van der Waals surface area contributed by atoms with E-state index in [0.29, 0.717) is 54.9 Å². The van der Waals surface area contributed by atoms with Crippen molar-refractivity contribution in [3.8, 4) is 0 Å². The number of rotatable bonds is 8. The van der Waals surface area contributed by atoms with Gasteiger partial charge in [0, 0.05) is 58.0 Å². The Bertz CT molecular complexity index is 937. The van der Waals surface area contributed by atoms with Crippen molar-refractivity contribution in [2.24, 2.45) is 0 Å². The summed E-state index contributed by atoms with van der Waals surface area (Å²) in [6.45, 7) is 1.96. The Morgan fingerprint density at radius 1 is 1.35 bits per heavy atom. The maximum atomic E-state index is 12.8. The number of carbonyl (C=O) groups excluding carboxylic acids is 2. The molecule has 9 heteroatoms. The predicted molar refractivity (Wildman–Crippen MR) is 120 cm³/mol. The molecule has 31 heavy (non-hydrogen) atoms. The van der Waals surface area contributed by atoms with E-state index >= 15 is 0 Å². The van der Waals surface area contributed by atoms with E-state index in [1.807, 2.05) is 37.2 Å². The molecule has 1 aliphatic rings. The number of amides is 2. The highest BCUT2D eigenvalue weighted by molar-refractivity contribution is 6.30. The molecule has 1 atom stereocenters. The summed E-state index contributed by atoms with van der Waals surface area (Å²) in [6, 6.07) is 7.34. The van der Waals surface area contributed by atoms with Crippen LogP contribution >= 0.6 is 11.6 Å². The number of anilines is 1. The molecule has 1 aromatic heterocycles. The second-order valence-electron chi connectivity index (χ2n) is 7.74. The monoisotopic (exact) mass is 445 g/mol. The van der Waals surface area contributed by atoms with E-state index in [4.69, 9.17) is 16.3 Å². The van der Waals surface area contributed by atoms with Gasteiger partial charge in [0.1, 0.15) is 0 Å². The number of nitrogens with zero attached hydrogens (tertiary/aromatic N) is 4. The Morgan fingerprint density at radius 3 is 2.87 bits per heavy atom. The molecule has 166 valence electrons. The molecule has 0 radical (unpaired) electrons. The first-order valence-corrected chi connectivity index (χ1v) is 10.6. The van der Waals surface area contributed by atoms with Gasteiger partial charge in [-0.15, -0.1) is 0 Å². The Labute approximate surface area is 187 Å². The average molecular weight is 446 g/mol. The van der Waals surface area contributed by atoms with Crippen LogP contribution in [0.3, 0.4) is 0 Å². The van der Waals surface area contributed by atoms with Crippen molar-refractivity contribution in [2.75, 3.05) is 52.3 Å². The Kier molecular flexibility index (Phi) is 7.81. The van der Waals surface area contributed by atoms with Crippen LogP contribution in [-0.4, -0.2) is 74.1 Å². The normalized spacial score (nSPS) is 15.7. The first kappa shape index (κ1) is 23.0. The van der Waals surface area contributed by atoms with Crippen LogP contribution < -0.4 is 10.2 Å². The summed E-state index contributed by atoms with van der Waals surface area (Å²) in [5, 5.41) is 3.45. The van der Waals surface area contributed by atoms with E-state index in [9.17, 15) is 9.59 Å². The summed E-state index contributed by atoms with van der Waals surface area (Å²) in [5.74, 6) is 0.305. The van der Waals surface area contributed by atoms with E-state index in [1.165, 1.54) is 0 Å². The van der Waals surface area contributed by atoms with Crippen molar-refractivity contribution in [1.29, 1.82) is 0 Å². The van der Waals surface area contributed by atoms with Crippen molar-refractivity contribution >= 4 is 29.4 Å². The van der Waals surface area contributed by atoms with E-state index in [2.05, 4.69) is 15.3 Å². The molecule has 1 N–H and O–H groups in total. The molecule has 3 rings (SSSR count). The van der Waals surface area contributed by atoms with Gasteiger partial charge >= 0.3 is 0 Å². The first-order chi connectivity index (χ1) is 14.9. The quantitative estimate of drug-likeness (QED) is 0.626. The number of likely N-dealkylation sites (tertiary alicyclic amines) is 1. The van der Waals surface area contributed by atoms with Crippen LogP contribution in [0.15, 0.2) is 30.5 Å². The smallest absolute Gasteiger partial charge is 0.254 e. The van der Waals surface area contributed by atoms with Gasteiger partial charge in [0.2, 0.25) is 11.9 Å². The molecule has 1 aliphatic heterocycles. The highest BCUT2D eigenvalue weighted by Gasteiger charge is 2.31. The maximum Gasteiger partial charge on any atom is 0.254 e. The van der Waals surface area contributed by atoms with Gasteiger partial charge < -0.3 is 19.9 Å². The van der Waals surface area contributed by atoms with Gasteiger partial charge in [0.15, 0.2) is 0 Å². The van der Waals surface area contributed by atoms with Gasteiger partial charge in [0.05, 0.1) is 24.3 Å². The Hall–Kier alpha value is -2.71. The van der Waals surface area contributed by atoms with Gasteiger partial charge in [0.25, 0.3) is 5.91 Å². The highest BCUT2D eigenvalue weighted by Crippen LogP contribution is 2.29. The average Bonchev–Trinajstić information content (AvgIpc) is 3.24. The van der Waals surface area contributed by atoms with Crippen LogP contribution in [0.2, 0.25) is 5.02 Å². The van der Waals surface area contributed by atoms with Crippen molar-refractivity contribution in [1.82, 2.24) is 20.2 Å². The van der Waals surface area contributed by atoms with E-state index in [0.717, 1.165) is 12.0 Å². The molecule has 0 saturated carbocycles. The molecule has 1 saturated heterocycles. The number of benzene rings is 1. The number of hydrogen-bond donors (Lipinski definition) is 1. The zero-order valence-corrected chi connectivity index (χ0v) is 18.9. The molecule has 2 amide bonds. The molecular formula is C22H28ClN5O3. The van der Waals surface area contributed by atoms with Gasteiger partial charge in [-0.3, -0.25) is 9.59 Å². The lowest BCUT2D eigenvalue weighted by Gasteiger charge is -2.19. The molecule has 0 spiro atoms. The molecule has 1 unspecified atom stereocenters. The van der Waals surface area contributed by atoms with Gasteiger partial charge in [-0.05, 0) is 24.1 Å². The third-order valence-corrected chi connectivity index (χ3v) is 5.45. The summed E-state index contributed by atoms with van der Waals surface area (Å²) >= 11 is 6.04. The maximum absolute atomic E-state index is 12.8. The SMILES string of the molecule is COCCNC(=O)c1cnc(N(C)C)nc1C1CCN(C(=O)Cc2cccc(Cl)c2)C1. The van der Waals surface area contributed by atoms with Crippen LogP contribution in [0.4, 0.5) is 5.95 Å². The number of methoxy groups -OCH3 is 1. The summed E-state index contributed by atoms with van der Waals surface area (Å²) in [4.78, 5) is 38.1. The second-order valence-corrected chi connectivity index (χ2v) is 8.18. The number of carbonyl (C=O) groups is 2. The van der Waals surface area contributed by atoms with Gasteiger partial charge in [-0.2, -0.15) is 0 Å². The summed E-state index contributed by atoms with van der Waals surface area (Å²) < 4.78 is 5.00. The van der Waals surface area contributed by atoms with Crippen LogP contribution in [0, 0.1) is 0 Å². The topological polar surface area (TPSA) is 87.7 Å². The zero-order valence-electron chi connectivity index (χ0n) is 18.1. The van der Waals surface area contributed by atoms with Crippen molar-refractivity contribution < 1.29 is 14.3 Å². The highest BCUT2D eigenvalue weighted by atomic mass is 35.5. The number of ether oxygens (including phenoxy) is 1. The standard InChI is InChI=1S/C22H28ClN5O3/c1-27(2)22-25-13-18(21(30)24-8-10-31-3)20(26-22)16-7-9-28(14-16)19(29)12-15-5-4-6-17(23)11-15/h4-6,11,13,16H,7-10,12,14H2,1-3H3,(H,24,30). The number of aromatic nitrogens is 2. The summed E-state index contributed by atoms with van der Waals surface area (Å²) in [5.41, 5.74) is 2.00. The fourth-order valence-electron chi connectivity index (χ4n) is 3.59. The molecule has 8 nitrogen and oxygen atoms in total. The van der Waals surface area contributed by atoms with Crippen molar-refractivity contribution in [3.63, 3.8) is 0 Å². The lowest BCUT2D eigenvalue weighted by atomic mass is 9.99.